The highest BCUT2D eigenvalue weighted by molar-refractivity contribution is 6.04. The summed E-state index contributed by atoms with van der Waals surface area (Å²) in [4.78, 5) is 11.7. The van der Waals surface area contributed by atoms with Crippen LogP contribution < -0.4 is 16.2 Å². The van der Waals surface area contributed by atoms with Crippen LogP contribution >= 0.6 is 0 Å². The molecule has 4 N–H and O–H groups in total. The molecule has 0 radical (unpaired) electrons. The summed E-state index contributed by atoms with van der Waals surface area (Å²) in [7, 11) is 0. The van der Waals surface area contributed by atoms with E-state index in [1.807, 2.05) is 6.08 Å². The average Bonchev–Trinajstić information content (AvgIpc) is 3.35. The summed E-state index contributed by atoms with van der Waals surface area (Å²) in [5.74, 6) is 2.16. The van der Waals surface area contributed by atoms with E-state index in [0.29, 0.717) is 53.2 Å². The molecule has 7 rings (SSSR count). The molecule has 8 atom stereocenters. The Kier molecular flexibility index (Phi) is 4.69. The number of nitrogens with zero attached hydrogens (tertiary/aromatic N) is 3. The lowest BCUT2D eigenvalue weighted by molar-refractivity contribution is -0.191. The molecule has 32 heavy (non-hydrogen) atoms. The molecule has 2 bridgehead atoms. The average molecular weight is 446 g/mol. The normalized spacial score (nSPS) is 40.4. The molecule has 6 aliphatic rings. The molecule has 4 aliphatic heterocycles. The molecule has 3 saturated heterocycles. The number of allylic oxidation sites excluding steroid dienone is 1. The van der Waals surface area contributed by atoms with Crippen LogP contribution in [0, 0.1) is 23.7 Å². The summed E-state index contributed by atoms with van der Waals surface area (Å²) < 4.78 is 35.6. The number of pyridine rings is 1. The molecular formula is C23H29F2N5O2. The maximum atomic E-state index is 12.6. The topological polar surface area (TPSA) is 99.0 Å². The van der Waals surface area contributed by atoms with Crippen LogP contribution in [0.1, 0.15) is 31.7 Å². The van der Waals surface area contributed by atoms with E-state index in [-0.39, 0.29) is 17.6 Å². The Balaban J connectivity index is 1.20. The largest absolute Gasteiger partial charge is 0.431 e. The summed E-state index contributed by atoms with van der Waals surface area (Å²) in [6, 6.07) is 2.28. The van der Waals surface area contributed by atoms with Crippen LogP contribution in [0.25, 0.3) is 5.70 Å². The monoisotopic (exact) mass is 445 g/mol. The molecule has 2 saturated carbocycles. The standard InChI is InChI=1S/C23H29F2N5O2/c1-10-2-14-18(30-8-12-4-13(9-30)31-12)5-15-20(14)21(15)17(29-10)6-16(26)11-3-19(32-23(24)25)22(27)28-7-11/h3,6-7,10,12-15,18,20-21,23H,2,4-5,8-9,26H2,1H3,(H2,27,28)/t10?,12?,13?,14?,15-,18+,20+,21-/m1/s1. The minimum Gasteiger partial charge on any atom is -0.431 e. The van der Waals surface area contributed by atoms with Gasteiger partial charge >= 0.3 is 6.61 Å². The van der Waals surface area contributed by atoms with E-state index in [4.69, 9.17) is 21.2 Å². The number of anilines is 1. The number of nitrogen functional groups attached to an aromatic ring is 1. The van der Waals surface area contributed by atoms with Crippen molar-refractivity contribution in [3.05, 3.63) is 23.9 Å². The first-order chi connectivity index (χ1) is 15.4. The lowest BCUT2D eigenvalue weighted by atomic mass is 9.86. The first-order valence-electron chi connectivity index (χ1n) is 11.5. The minimum atomic E-state index is -2.97. The van der Waals surface area contributed by atoms with Gasteiger partial charge in [0.15, 0.2) is 11.6 Å². The molecule has 2 aliphatic carbocycles. The summed E-state index contributed by atoms with van der Waals surface area (Å²) >= 11 is 0. The van der Waals surface area contributed by atoms with Crippen LogP contribution in [-0.4, -0.2) is 59.6 Å². The van der Waals surface area contributed by atoms with Crippen molar-refractivity contribution in [3.63, 3.8) is 0 Å². The molecule has 0 spiro atoms. The Morgan fingerprint density at radius 3 is 2.72 bits per heavy atom. The summed E-state index contributed by atoms with van der Waals surface area (Å²) in [5.41, 5.74) is 14.0. The Bertz CT molecular complexity index is 969. The molecule has 1 aromatic heterocycles. The maximum absolute atomic E-state index is 12.6. The highest BCUT2D eigenvalue weighted by Crippen LogP contribution is 2.64. The Morgan fingerprint density at radius 1 is 1.25 bits per heavy atom. The molecule has 172 valence electrons. The quantitative estimate of drug-likeness (QED) is 0.723. The predicted octanol–water partition coefficient (Wildman–Crippen LogP) is 2.52. The van der Waals surface area contributed by atoms with Crippen LogP contribution in [0.5, 0.6) is 5.75 Å². The van der Waals surface area contributed by atoms with Gasteiger partial charge in [-0.3, -0.25) is 9.89 Å². The van der Waals surface area contributed by atoms with E-state index in [1.54, 1.807) is 0 Å². The third kappa shape index (κ3) is 3.37. The van der Waals surface area contributed by atoms with Crippen LogP contribution in [-0.2, 0) is 4.74 Å². The highest BCUT2D eigenvalue weighted by Gasteiger charge is 2.65. The summed E-state index contributed by atoms with van der Waals surface area (Å²) in [6.45, 7) is 1.35. The second kappa shape index (κ2) is 7.38. The minimum absolute atomic E-state index is 0.0892. The van der Waals surface area contributed by atoms with Gasteiger partial charge in [0.05, 0.1) is 12.2 Å². The van der Waals surface area contributed by atoms with E-state index < -0.39 is 6.61 Å². The zero-order valence-corrected chi connectivity index (χ0v) is 18.0. The van der Waals surface area contributed by atoms with Crippen molar-refractivity contribution in [2.45, 2.75) is 57.1 Å². The van der Waals surface area contributed by atoms with Crippen molar-refractivity contribution in [2.24, 2.45) is 34.4 Å². The number of rotatable bonds is 5. The van der Waals surface area contributed by atoms with Crippen molar-refractivity contribution < 1.29 is 18.3 Å². The molecule has 4 unspecified atom stereocenters. The Labute approximate surface area is 185 Å². The van der Waals surface area contributed by atoms with Gasteiger partial charge in [-0.25, -0.2) is 4.98 Å². The fraction of sp³-hybridized carbons (Fsp3) is 0.652. The van der Waals surface area contributed by atoms with E-state index in [0.717, 1.165) is 25.2 Å². The highest BCUT2D eigenvalue weighted by atomic mass is 19.3. The van der Waals surface area contributed by atoms with Gasteiger partial charge < -0.3 is 20.9 Å². The summed E-state index contributed by atoms with van der Waals surface area (Å²) in [5, 5.41) is 0. The van der Waals surface area contributed by atoms with E-state index in [2.05, 4.69) is 21.5 Å². The van der Waals surface area contributed by atoms with Crippen molar-refractivity contribution in [2.75, 3.05) is 18.8 Å². The van der Waals surface area contributed by atoms with Crippen LogP contribution in [0.3, 0.4) is 0 Å². The zero-order valence-electron chi connectivity index (χ0n) is 18.0. The number of ether oxygens (including phenoxy) is 2. The fourth-order valence-electron chi connectivity index (χ4n) is 6.77. The smallest absolute Gasteiger partial charge is 0.387 e. The number of hydrogen-bond donors (Lipinski definition) is 2. The van der Waals surface area contributed by atoms with Gasteiger partial charge in [0, 0.05) is 60.7 Å². The number of fused-ring (bicyclic) bond motifs is 3. The van der Waals surface area contributed by atoms with Gasteiger partial charge in [-0.15, -0.1) is 0 Å². The number of aromatic nitrogens is 1. The Hall–Kier alpha value is -2.26. The van der Waals surface area contributed by atoms with Gasteiger partial charge in [-0.2, -0.15) is 8.78 Å². The molecule has 0 aromatic carbocycles. The summed E-state index contributed by atoms with van der Waals surface area (Å²) in [6.07, 6.45) is 7.80. The number of aliphatic imine (C=N–C) groups is 1. The number of morpholine rings is 1. The van der Waals surface area contributed by atoms with Crippen molar-refractivity contribution in [1.82, 2.24) is 9.88 Å². The second-order valence-electron chi connectivity index (χ2n) is 10.0. The van der Waals surface area contributed by atoms with E-state index in [1.165, 1.54) is 25.1 Å². The van der Waals surface area contributed by atoms with Gasteiger partial charge in [-0.05, 0) is 49.7 Å². The van der Waals surface area contributed by atoms with Crippen LogP contribution in [0.15, 0.2) is 23.3 Å². The van der Waals surface area contributed by atoms with Crippen LogP contribution in [0.2, 0.25) is 0 Å². The Morgan fingerprint density at radius 2 is 2.00 bits per heavy atom. The maximum Gasteiger partial charge on any atom is 0.387 e. The van der Waals surface area contributed by atoms with Gasteiger partial charge in [0.2, 0.25) is 0 Å². The third-order valence-corrected chi connectivity index (χ3v) is 8.05. The first-order valence-corrected chi connectivity index (χ1v) is 11.5. The second-order valence-corrected chi connectivity index (χ2v) is 10.0. The van der Waals surface area contributed by atoms with Crippen molar-refractivity contribution in [1.29, 1.82) is 0 Å². The van der Waals surface area contributed by atoms with Crippen molar-refractivity contribution in [3.8, 4) is 5.75 Å². The van der Waals surface area contributed by atoms with Crippen molar-refractivity contribution >= 4 is 17.2 Å². The first kappa shape index (κ1) is 20.4. The molecule has 7 nitrogen and oxygen atoms in total. The van der Waals surface area contributed by atoms with Crippen LogP contribution in [0.4, 0.5) is 14.6 Å². The molecule has 5 heterocycles. The number of halogens is 2. The molecule has 9 heteroatoms. The number of hydrogen-bond acceptors (Lipinski definition) is 7. The van der Waals surface area contributed by atoms with E-state index in [9.17, 15) is 8.78 Å². The van der Waals surface area contributed by atoms with E-state index >= 15 is 0 Å². The van der Waals surface area contributed by atoms with Gasteiger partial charge in [0.25, 0.3) is 0 Å². The lowest BCUT2D eigenvalue weighted by Crippen LogP contribution is -2.60. The number of alkyl halides is 2. The zero-order chi connectivity index (χ0) is 22.1. The molecule has 0 amide bonds. The molecular weight excluding hydrogens is 416 g/mol. The third-order valence-electron chi connectivity index (χ3n) is 8.05. The fourth-order valence-corrected chi connectivity index (χ4v) is 6.77. The predicted molar refractivity (Wildman–Crippen MR) is 116 cm³/mol. The van der Waals surface area contributed by atoms with Gasteiger partial charge in [-0.1, -0.05) is 0 Å². The van der Waals surface area contributed by atoms with Gasteiger partial charge in [0.1, 0.15) is 0 Å². The number of piperidine rings is 1. The SMILES string of the molecule is CC1CC2[C@H]3[C@@H](C[C@@H]2N2CC4CC(C2)O4)[C@@H]3C(C=C(N)c2cnc(N)c(OC(F)F)c2)=N1. The lowest BCUT2D eigenvalue weighted by Gasteiger charge is -2.50. The number of nitrogens with two attached hydrogens (primary N) is 2. The molecule has 1 aromatic rings. The molecule has 5 fully saturated rings.